The summed E-state index contributed by atoms with van der Waals surface area (Å²) in [6.45, 7) is 5.96. The first-order chi connectivity index (χ1) is 11.2. The molecule has 120 valence electrons. The number of furan rings is 1. The lowest BCUT2D eigenvalue weighted by atomic mass is 10.2. The molecule has 2 aromatic heterocycles. The average molecular weight is 311 g/mol. The zero-order valence-corrected chi connectivity index (χ0v) is 13.3. The van der Waals surface area contributed by atoms with Gasteiger partial charge in [-0.25, -0.2) is 0 Å². The Hall–Kier alpha value is -2.40. The number of nitrogens with zero attached hydrogens (tertiary/aromatic N) is 3. The van der Waals surface area contributed by atoms with E-state index in [9.17, 15) is 4.79 Å². The first-order valence-corrected chi connectivity index (χ1v) is 7.86. The number of aryl methyl sites for hydroxylation is 1. The SMILES string of the molecule is Cc1ccc(/C=C/C(=O)N2CCN(Cc3ccccn3)CC2)o1. The topological polar surface area (TPSA) is 49.6 Å². The minimum atomic E-state index is 0.0385. The van der Waals surface area contributed by atoms with Gasteiger partial charge in [-0.15, -0.1) is 0 Å². The van der Waals surface area contributed by atoms with E-state index in [1.165, 1.54) is 0 Å². The molecular weight excluding hydrogens is 290 g/mol. The minimum absolute atomic E-state index is 0.0385. The van der Waals surface area contributed by atoms with Crippen LogP contribution in [0.25, 0.3) is 6.08 Å². The number of amides is 1. The van der Waals surface area contributed by atoms with Gasteiger partial charge in [-0.2, -0.15) is 0 Å². The van der Waals surface area contributed by atoms with E-state index >= 15 is 0 Å². The fourth-order valence-corrected chi connectivity index (χ4v) is 2.65. The Balaban J connectivity index is 1.48. The van der Waals surface area contributed by atoms with Crippen LogP contribution in [0.1, 0.15) is 17.2 Å². The zero-order valence-electron chi connectivity index (χ0n) is 13.3. The number of carbonyl (C=O) groups is 1. The van der Waals surface area contributed by atoms with Crippen molar-refractivity contribution in [1.29, 1.82) is 0 Å². The summed E-state index contributed by atoms with van der Waals surface area (Å²) in [5.41, 5.74) is 1.07. The lowest BCUT2D eigenvalue weighted by Crippen LogP contribution is -2.47. The molecule has 1 fully saturated rings. The van der Waals surface area contributed by atoms with Crippen molar-refractivity contribution in [3.8, 4) is 0 Å². The van der Waals surface area contributed by atoms with Crippen molar-refractivity contribution in [2.75, 3.05) is 26.2 Å². The monoisotopic (exact) mass is 311 g/mol. The van der Waals surface area contributed by atoms with E-state index in [2.05, 4.69) is 9.88 Å². The van der Waals surface area contributed by atoms with Gasteiger partial charge in [0, 0.05) is 45.0 Å². The summed E-state index contributed by atoms with van der Waals surface area (Å²) >= 11 is 0. The maximum atomic E-state index is 12.2. The van der Waals surface area contributed by atoms with Gasteiger partial charge in [0.2, 0.25) is 5.91 Å². The van der Waals surface area contributed by atoms with Crippen molar-refractivity contribution >= 4 is 12.0 Å². The lowest BCUT2D eigenvalue weighted by Gasteiger charge is -2.34. The lowest BCUT2D eigenvalue weighted by molar-refractivity contribution is -0.127. The average Bonchev–Trinajstić information content (AvgIpc) is 3.00. The zero-order chi connectivity index (χ0) is 16.1. The van der Waals surface area contributed by atoms with Gasteiger partial charge in [-0.1, -0.05) is 6.07 Å². The Morgan fingerprint density at radius 1 is 1.22 bits per heavy atom. The summed E-state index contributed by atoms with van der Waals surface area (Å²) in [5, 5.41) is 0. The summed E-state index contributed by atoms with van der Waals surface area (Å²) in [4.78, 5) is 20.8. The van der Waals surface area contributed by atoms with Gasteiger partial charge in [-0.3, -0.25) is 14.7 Å². The molecule has 0 spiro atoms. The van der Waals surface area contributed by atoms with Crippen molar-refractivity contribution in [2.24, 2.45) is 0 Å². The molecule has 5 heteroatoms. The molecule has 0 aliphatic carbocycles. The molecule has 3 heterocycles. The summed E-state index contributed by atoms with van der Waals surface area (Å²) in [6, 6.07) is 9.71. The Morgan fingerprint density at radius 2 is 2.04 bits per heavy atom. The largest absolute Gasteiger partial charge is 0.462 e. The van der Waals surface area contributed by atoms with Gasteiger partial charge < -0.3 is 9.32 Å². The van der Waals surface area contributed by atoms with E-state index in [-0.39, 0.29) is 5.91 Å². The van der Waals surface area contributed by atoms with Gasteiger partial charge in [0.15, 0.2) is 0 Å². The van der Waals surface area contributed by atoms with Crippen molar-refractivity contribution in [2.45, 2.75) is 13.5 Å². The highest BCUT2D eigenvalue weighted by Gasteiger charge is 2.19. The molecule has 5 nitrogen and oxygen atoms in total. The Bertz CT molecular complexity index is 671. The Kier molecular flexibility index (Phi) is 4.88. The molecule has 3 rings (SSSR count). The summed E-state index contributed by atoms with van der Waals surface area (Å²) < 4.78 is 5.43. The second kappa shape index (κ2) is 7.24. The third kappa shape index (κ3) is 4.29. The molecule has 0 N–H and O–H groups in total. The van der Waals surface area contributed by atoms with Crippen LogP contribution in [0.15, 0.2) is 47.0 Å². The van der Waals surface area contributed by atoms with E-state index in [1.807, 2.05) is 48.4 Å². The molecule has 0 radical (unpaired) electrons. The molecule has 1 aliphatic rings. The number of pyridine rings is 1. The second-order valence-electron chi connectivity index (χ2n) is 5.70. The van der Waals surface area contributed by atoms with Gasteiger partial charge in [0.05, 0.1) is 5.69 Å². The standard InChI is InChI=1S/C18H21N3O2/c1-15-5-6-17(23-15)7-8-18(22)21-12-10-20(11-13-21)14-16-4-2-3-9-19-16/h2-9H,10-14H2,1H3/b8-7+. The van der Waals surface area contributed by atoms with Crippen LogP contribution in [0.5, 0.6) is 0 Å². The molecule has 0 aromatic carbocycles. The predicted molar refractivity (Wildman–Crippen MR) is 88.6 cm³/mol. The van der Waals surface area contributed by atoms with Crippen molar-refractivity contribution in [3.05, 3.63) is 59.8 Å². The molecule has 0 atom stereocenters. The molecule has 0 unspecified atom stereocenters. The Morgan fingerprint density at radius 3 is 2.70 bits per heavy atom. The number of hydrogen-bond donors (Lipinski definition) is 0. The van der Waals surface area contributed by atoms with Crippen LogP contribution >= 0.6 is 0 Å². The van der Waals surface area contributed by atoms with Gasteiger partial charge >= 0.3 is 0 Å². The normalized spacial score (nSPS) is 16.1. The third-order valence-electron chi connectivity index (χ3n) is 3.95. The van der Waals surface area contributed by atoms with Crippen LogP contribution in [-0.4, -0.2) is 46.9 Å². The number of hydrogen-bond acceptors (Lipinski definition) is 4. The first kappa shape index (κ1) is 15.5. The molecule has 2 aromatic rings. The molecule has 0 saturated carbocycles. The molecule has 1 aliphatic heterocycles. The third-order valence-corrected chi connectivity index (χ3v) is 3.95. The van der Waals surface area contributed by atoms with E-state index in [0.717, 1.165) is 44.2 Å². The van der Waals surface area contributed by atoms with Crippen LogP contribution in [0.4, 0.5) is 0 Å². The van der Waals surface area contributed by atoms with E-state index < -0.39 is 0 Å². The van der Waals surface area contributed by atoms with E-state index in [4.69, 9.17) is 4.42 Å². The van der Waals surface area contributed by atoms with Gasteiger partial charge in [0.1, 0.15) is 11.5 Å². The van der Waals surface area contributed by atoms with Crippen LogP contribution in [0.2, 0.25) is 0 Å². The quantitative estimate of drug-likeness (QED) is 0.813. The molecule has 0 bridgehead atoms. The van der Waals surface area contributed by atoms with Crippen molar-refractivity contribution < 1.29 is 9.21 Å². The van der Waals surface area contributed by atoms with Crippen molar-refractivity contribution in [1.82, 2.24) is 14.8 Å². The molecule has 1 amide bonds. The smallest absolute Gasteiger partial charge is 0.246 e. The van der Waals surface area contributed by atoms with Crippen molar-refractivity contribution in [3.63, 3.8) is 0 Å². The number of piperazine rings is 1. The predicted octanol–water partition coefficient (Wildman–Crippen LogP) is 2.34. The van der Waals surface area contributed by atoms with Gasteiger partial charge in [-0.05, 0) is 37.3 Å². The van der Waals surface area contributed by atoms with Crippen LogP contribution < -0.4 is 0 Å². The maximum absolute atomic E-state index is 12.2. The van der Waals surface area contributed by atoms with Crippen LogP contribution in [0, 0.1) is 6.92 Å². The fourth-order valence-electron chi connectivity index (χ4n) is 2.65. The Labute approximate surface area is 136 Å². The fraction of sp³-hybridized carbons (Fsp3) is 0.333. The highest BCUT2D eigenvalue weighted by Crippen LogP contribution is 2.10. The maximum Gasteiger partial charge on any atom is 0.246 e. The van der Waals surface area contributed by atoms with Crippen LogP contribution in [0.3, 0.4) is 0 Å². The highest BCUT2D eigenvalue weighted by molar-refractivity contribution is 5.91. The summed E-state index contributed by atoms with van der Waals surface area (Å²) in [5.74, 6) is 1.60. The van der Waals surface area contributed by atoms with E-state index in [0.29, 0.717) is 5.76 Å². The van der Waals surface area contributed by atoms with Crippen LogP contribution in [-0.2, 0) is 11.3 Å². The first-order valence-electron chi connectivity index (χ1n) is 7.86. The van der Waals surface area contributed by atoms with Gasteiger partial charge in [0.25, 0.3) is 0 Å². The minimum Gasteiger partial charge on any atom is -0.462 e. The molecular formula is C18H21N3O2. The number of rotatable bonds is 4. The highest BCUT2D eigenvalue weighted by atomic mass is 16.3. The number of carbonyl (C=O) groups excluding carboxylic acids is 1. The summed E-state index contributed by atoms with van der Waals surface area (Å²) in [6.07, 6.45) is 5.14. The number of aromatic nitrogens is 1. The second-order valence-corrected chi connectivity index (χ2v) is 5.70. The molecule has 23 heavy (non-hydrogen) atoms. The molecule has 1 saturated heterocycles. The summed E-state index contributed by atoms with van der Waals surface area (Å²) in [7, 11) is 0. The van der Waals surface area contributed by atoms with E-state index in [1.54, 1.807) is 12.2 Å².